The van der Waals surface area contributed by atoms with Crippen LogP contribution in [0.4, 0.5) is 5.69 Å². The molecule has 0 radical (unpaired) electrons. The first-order valence-corrected chi connectivity index (χ1v) is 8.40. The van der Waals surface area contributed by atoms with Crippen LogP contribution in [0.3, 0.4) is 0 Å². The molecule has 1 aromatic rings. The van der Waals surface area contributed by atoms with Crippen LogP contribution in [0.1, 0.15) is 27.7 Å². The van der Waals surface area contributed by atoms with Crippen LogP contribution in [0, 0.1) is 0 Å². The molecule has 132 valence electrons. The van der Waals surface area contributed by atoms with Crippen molar-refractivity contribution in [2.45, 2.75) is 27.7 Å². The second kappa shape index (κ2) is 11.5. The smallest absolute Gasteiger partial charge is 0.221 e. The predicted octanol–water partition coefficient (Wildman–Crippen LogP) is 3.95. The van der Waals surface area contributed by atoms with Gasteiger partial charge in [0.2, 0.25) is 5.91 Å². The lowest BCUT2D eigenvalue weighted by Crippen LogP contribution is -2.28. The first-order chi connectivity index (χ1) is 10.5. The van der Waals surface area contributed by atoms with E-state index in [0.29, 0.717) is 30.4 Å². The number of rotatable bonds is 9. The zero-order valence-corrected chi connectivity index (χ0v) is 16.6. The zero-order valence-electron chi connectivity index (χ0n) is 14.1. The molecule has 0 aliphatic heterocycles. The number of benzene rings is 1. The van der Waals surface area contributed by atoms with Crippen molar-refractivity contribution < 1.29 is 14.3 Å². The van der Waals surface area contributed by atoms with E-state index in [0.717, 1.165) is 24.1 Å². The number of halogens is 2. The number of carbonyl (C=O) groups excluding carboxylic acids is 1. The van der Waals surface area contributed by atoms with Crippen molar-refractivity contribution in [3.8, 4) is 11.5 Å². The largest absolute Gasteiger partial charge is 0.490 e. The molecule has 1 rings (SSSR count). The summed E-state index contributed by atoms with van der Waals surface area (Å²) in [5.41, 5.74) is 0.680. The summed E-state index contributed by atoms with van der Waals surface area (Å²) in [5, 5.41) is 2.75. The Kier molecular flexibility index (Phi) is 11.0. The van der Waals surface area contributed by atoms with Gasteiger partial charge in [0, 0.05) is 25.2 Å². The van der Waals surface area contributed by atoms with Gasteiger partial charge in [-0.15, -0.1) is 12.4 Å². The van der Waals surface area contributed by atoms with Gasteiger partial charge in [0.25, 0.3) is 0 Å². The van der Waals surface area contributed by atoms with Crippen LogP contribution >= 0.6 is 28.3 Å². The Hall–Kier alpha value is -0.980. The van der Waals surface area contributed by atoms with Gasteiger partial charge in [0.15, 0.2) is 11.5 Å². The Morgan fingerprint density at radius 1 is 1.22 bits per heavy atom. The van der Waals surface area contributed by atoms with E-state index in [9.17, 15) is 4.79 Å². The Morgan fingerprint density at radius 2 is 1.87 bits per heavy atom. The SMILES string of the molecule is CCOc1cc(NC(C)=O)cc(Br)c1OCCN(CC)CC.Cl. The van der Waals surface area contributed by atoms with Crippen LogP contribution < -0.4 is 14.8 Å². The van der Waals surface area contributed by atoms with Crippen molar-refractivity contribution in [1.82, 2.24) is 4.90 Å². The lowest BCUT2D eigenvalue weighted by Gasteiger charge is -2.20. The van der Waals surface area contributed by atoms with Crippen molar-refractivity contribution >= 4 is 39.9 Å². The molecule has 1 amide bonds. The van der Waals surface area contributed by atoms with E-state index < -0.39 is 0 Å². The first-order valence-electron chi connectivity index (χ1n) is 7.60. The van der Waals surface area contributed by atoms with Crippen LogP contribution in [0.25, 0.3) is 0 Å². The molecule has 0 aromatic heterocycles. The number of nitrogens with one attached hydrogen (secondary N) is 1. The number of amides is 1. The maximum absolute atomic E-state index is 11.2. The molecule has 0 aliphatic rings. The lowest BCUT2D eigenvalue weighted by atomic mass is 10.2. The highest BCUT2D eigenvalue weighted by molar-refractivity contribution is 9.10. The minimum atomic E-state index is -0.121. The quantitative estimate of drug-likeness (QED) is 0.671. The normalized spacial score (nSPS) is 10.2. The fourth-order valence-corrected chi connectivity index (χ4v) is 2.62. The number of anilines is 1. The van der Waals surface area contributed by atoms with Gasteiger partial charge in [-0.25, -0.2) is 0 Å². The minimum Gasteiger partial charge on any atom is -0.490 e. The van der Waals surface area contributed by atoms with E-state index in [2.05, 4.69) is 40.0 Å². The molecular weight excluding hydrogens is 384 g/mol. The summed E-state index contributed by atoms with van der Waals surface area (Å²) in [7, 11) is 0. The molecule has 7 heteroatoms. The highest BCUT2D eigenvalue weighted by atomic mass is 79.9. The van der Waals surface area contributed by atoms with Crippen molar-refractivity contribution in [1.29, 1.82) is 0 Å². The topological polar surface area (TPSA) is 50.8 Å². The molecule has 0 spiro atoms. The molecule has 1 N–H and O–H groups in total. The minimum absolute atomic E-state index is 0. The van der Waals surface area contributed by atoms with Crippen molar-refractivity contribution in [2.75, 3.05) is 38.2 Å². The Labute approximate surface area is 153 Å². The summed E-state index contributed by atoms with van der Waals surface area (Å²) in [6, 6.07) is 3.60. The standard InChI is InChI=1S/C16H25BrN2O3.ClH/c1-5-19(6-2)8-9-22-16-14(17)10-13(18-12(4)20)11-15(16)21-7-3;/h10-11H,5-9H2,1-4H3,(H,18,20);1H. The number of ether oxygens (including phenoxy) is 2. The molecule has 5 nitrogen and oxygen atoms in total. The van der Waals surface area contributed by atoms with E-state index in [1.54, 1.807) is 6.07 Å². The predicted molar refractivity (Wildman–Crippen MR) is 100 cm³/mol. The Morgan fingerprint density at radius 3 is 2.39 bits per heavy atom. The van der Waals surface area contributed by atoms with Crippen molar-refractivity contribution in [3.63, 3.8) is 0 Å². The summed E-state index contributed by atoms with van der Waals surface area (Å²) in [6.45, 7) is 11.6. The fourth-order valence-electron chi connectivity index (χ4n) is 2.06. The van der Waals surface area contributed by atoms with Gasteiger partial charge >= 0.3 is 0 Å². The second-order valence-corrected chi connectivity index (χ2v) is 5.63. The number of hydrogen-bond donors (Lipinski definition) is 1. The Balaban J connectivity index is 0.00000484. The van der Waals surface area contributed by atoms with Gasteiger partial charge in [-0.1, -0.05) is 13.8 Å². The summed E-state index contributed by atoms with van der Waals surface area (Å²) in [4.78, 5) is 13.5. The van der Waals surface area contributed by atoms with Crippen LogP contribution in [0.2, 0.25) is 0 Å². The van der Waals surface area contributed by atoms with Crippen LogP contribution in [-0.4, -0.2) is 43.7 Å². The maximum Gasteiger partial charge on any atom is 0.221 e. The first kappa shape index (κ1) is 22.0. The summed E-state index contributed by atoms with van der Waals surface area (Å²) >= 11 is 3.49. The number of hydrogen-bond acceptors (Lipinski definition) is 4. The molecule has 0 fully saturated rings. The van der Waals surface area contributed by atoms with Gasteiger partial charge in [-0.05, 0) is 42.0 Å². The molecular formula is C16H26BrClN2O3. The summed E-state index contributed by atoms with van der Waals surface area (Å²) in [5.74, 6) is 1.17. The number of carbonyl (C=O) groups is 1. The van der Waals surface area contributed by atoms with Crippen LogP contribution in [-0.2, 0) is 4.79 Å². The molecule has 23 heavy (non-hydrogen) atoms. The fraction of sp³-hybridized carbons (Fsp3) is 0.562. The third-order valence-corrected chi connectivity index (χ3v) is 3.77. The van der Waals surface area contributed by atoms with Gasteiger partial charge in [0.05, 0.1) is 11.1 Å². The highest BCUT2D eigenvalue weighted by Crippen LogP contribution is 2.38. The average Bonchev–Trinajstić information content (AvgIpc) is 2.45. The van der Waals surface area contributed by atoms with Crippen LogP contribution in [0.15, 0.2) is 16.6 Å². The molecule has 0 heterocycles. The summed E-state index contributed by atoms with van der Waals surface area (Å²) < 4.78 is 12.3. The molecule has 0 bridgehead atoms. The van der Waals surface area contributed by atoms with E-state index in [4.69, 9.17) is 9.47 Å². The highest BCUT2D eigenvalue weighted by Gasteiger charge is 2.13. The Bertz CT molecular complexity index is 496. The number of nitrogens with zero attached hydrogens (tertiary/aromatic N) is 1. The third kappa shape index (κ3) is 7.42. The van der Waals surface area contributed by atoms with Crippen molar-refractivity contribution in [2.24, 2.45) is 0 Å². The van der Waals surface area contributed by atoms with Gasteiger partial charge in [0.1, 0.15) is 6.61 Å². The zero-order chi connectivity index (χ0) is 16.5. The second-order valence-electron chi connectivity index (χ2n) is 4.77. The average molecular weight is 410 g/mol. The molecule has 0 saturated carbocycles. The molecule has 0 saturated heterocycles. The third-order valence-electron chi connectivity index (χ3n) is 3.18. The van der Waals surface area contributed by atoms with Gasteiger partial charge in [-0.3, -0.25) is 4.79 Å². The van der Waals surface area contributed by atoms with E-state index in [1.807, 2.05) is 13.0 Å². The summed E-state index contributed by atoms with van der Waals surface area (Å²) in [6.07, 6.45) is 0. The maximum atomic E-state index is 11.2. The van der Waals surface area contributed by atoms with E-state index >= 15 is 0 Å². The molecule has 0 unspecified atom stereocenters. The number of likely N-dealkylation sites (N-methyl/N-ethyl adjacent to an activating group) is 1. The van der Waals surface area contributed by atoms with E-state index in [1.165, 1.54) is 6.92 Å². The molecule has 1 aromatic carbocycles. The van der Waals surface area contributed by atoms with E-state index in [-0.39, 0.29) is 18.3 Å². The molecule has 0 aliphatic carbocycles. The lowest BCUT2D eigenvalue weighted by molar-refractivity contribution is -0.114. The van der Waals surface area contributed by atoms with Crippen LogP contribution in [0.5, 0.6) is 11.5 Å². The monoisotopic (exact) mass is 408 g/mol. The van der Waals surface area contributed by atoms with Gasteiger partial charge < -0.3 is 19.7 Å². The molecule has 0 atom stereocenters. The van der Waals surface area contributed by atoms with Crippen molar-refractivity contribution in [3.05, 3.63) is 16.6 Å². The van der Waals surface area contributed by atoms with Gasteiger partial charge in [-0.2, -0.15) is 0 Å².